The molecule has 0 fully saturated rings. The highest BCUT2D eigenvalue weighted by molar-refractivity contribution is 5.95. The minimum absolute atomic E-state index is 0.293. The van der Waals surface area contributed by atoms with E-state index < -0.39 is 0 Å². The van der Waals surface area contributed by atoms with Gasteiger partial charge in [0.1, 0.15) is 0 Å². The fraction of sp³-hybridized carbons (Fsp3) is 0.273. The summed E-state index contributed by atoms with van der Waals surface area (Å²) in [7, 11) is 0. The van der Waals surface area contributed by atoms with Crippen LogP contribution in [-0.2, 0) is 24.2 Å². The number of esters is 1. The fourth-order valence-corrected chi connectivity index (χ4v) is 3.56. The number of carbonyl (C=O) groups excluding carboxylic acids is 1. The summed E-state index contributed by atoms with van der Waals surface area (Å²) in [6.07, 6.45) is 1.03. The monoisotopic (exact) mass is 346 g/mol. The molecule has 0 saturated heterocycles. The molecule has 4 rings (SSSR count). The van der Waals surface area contributed by atoms with E-state index in [0.717, 1.165) is 36.1 Å². The molecule has 4 heteroatoms. The number of nitrogens with zero attached hydrogens (tertiary/aromatic N) is 2. The van der Waals surface area contributed by atoms with Crippen LogP contribution in [0.5, 0.6) is 0 Å². The van der Waals surface area contributed by atoms with Gasteiger partial charge in [0.25, 0.3) is 0 Å². The van der Waals surface area contributed by atoms with Crippen LogP contribution in [0.3, 0.4) is 0 Å². The lowest BCUT2D eigenvalue weighted by Crippen LogP contribution is -2.31. The molecule has 1 aliphatic heterocycles. The van der Waals surface area contributed by atoms with Crippen LogP contribution in [0.25, 0.3) is 10.9 Å². The number of hydrogen-bond acceptors (Lipinski definition) is 4. The molecule has 0 N–H and O–H groups in total. The van der Waals surface area contributed by atoms with Crippen molar-refractivity contribution in [1.82, 2.24) is 9.88 Å². The van der Waals surface area contributed by atoms with Crippen LogP contribution in [0.2, 0.25) is 0 Å². The normalized spacial score (nSPS) is 14.2. The summed E-state index contributed by atoms with van der Waals surface area (Å²) in [5.41, 5.74) is 5.05. The summed E-state index contributed by atoms with van der Waals surface area (Å²) in [5, 5.41) is 0.961. The molecule has 0 radical (unpaired) electrons. The highest BCUT2D eigenvalue weighted by atomic mass is 16.5. The predicted molar refractivity (Wildman–Crippen MR) is 102 cm³/mol. The highest BCUT2D eigenvalue weighted by Crippen LogP contribution is 2.23. The van der Waals surface area contributed by atoms with E-state index in [1.807, 2.05) is 37.3 Å². The smallest absolute Gasteiger partial charge is 0.340 e. The van der Waals surface area contributed by atoms with E-state index >= 15 is 0 Å². The molecule has 0 aliphatic carbocycles. The molecule has 2 heterocycles. The van der Waals surface area contributed by atoms with Gasteiger partial charge in [0, 0.05) is 25.0 Å². The van der Waals surface area contributed by atoms with Crippen LogP contribution in [0, 0.1) is 0 Å². The van der Waals surface area contributed by atoms with Crippen molar-refractivity contribution in [3.05, 3.63) is 77.0 Å². The molecule has 0 amide bonds. The van der Waals surface area contributed by atoms with Gasteiger partial charge in [-0.15, -0.1) is 0 Å². The molecule has 0 saturated carbocycles. The van der Waals surface area contributed by atoms with Crippen molar-refractivity contribution in [1.29, 1.82) is 0 Å². The molecule has 2 aromatic carbocycles. The Labute approximate surface area is 153 Å². The number of carbonyl (C=O) groups is 1. The molecule has 0 atom stereocenters. The Hall–Kier alpha value is -2.72. The van der Waals surface area contributed by atoms with E-state index in [1.165, 1.54) is 11.1 Å². The molecule has 4 nitrogen and oxygen atoms in total. The quantitative estimate of drug-likeness (QED) is 0.671. The van der Waals surface area contributed by atoms with Crippen LogP contribution in [0.1, 0.15) is 34.1 Å². The molecule has 3 aromatic rings. The van der Waals surface area contributed by atoms with Crippen molar-refractivity contribution in [2.24, 2.45) is 0 Å². The number of pyridine rings is 1. The Morgan fingerprint density at radius 1 is 1.12 bits per heavy atom. The summed E-state index contributed by atoms with van der Waals surface area (Å²) in [4.78, 5) is 19.6. The molecular formula is C22H22N2O2. The van der Waals surface area contributed by atoms with E-state index in [9.17, 15) is 4.79 Å². The largest absolute Gasteiger partial charge is 0.462 e. The first kappa shape index (κ1) is 16.7. The van der Waals surface area contributed by atoms with Crippen molar-refractivity contribution in [2.75, 3.05) is 13.2 Å². The number of ether oxygens (including phenoxy) is 1. The third kappa shape index (κ3) is 3.33. The number of hydrogen-bond donors (Lipinski definition) is 0. The van der Waals surface area contributed by atoms with Gasteiger partial charge < -0.3 is 4.74 Å². The molecule has 0 unspecified atom stereocenters. The minimum Gasteiger partial charge on any atom is -0.462 e. The number of fused-ring (bicyclic) bond motifs is 2. The van der Waals surface area contributed by atoms with Gasteiger partial charge >= 0.3 is 5.97 Å². The second-order valence-corrected chi connectivity index (χ2v) is 6.63. The third-order valence-electron chi connectivity index (χ3n) is 4.88. The van der Waals surface area contributed by atoms with Crippen molar-refractivity contribution in [2.45, 2.75) is 26.4 Å². The van der Waals surface area contributed by atoms with E-state index in [4.69, 9.17) is 9.72 Å². The first-order valence-electron chi connectivity index (χ1n) is 9.09. The standard InChI is InChI=1S/C22H22N2O2/c1-2-26-22(25)19-13-17-8-5-6-10-20(17)23-21(19)15-24-12-11-16-7-3-4-9-18(16)14-24/h3-10,13H,2,11-12,14-15H2,1H3. The Balaban J connectivity index is 1.66. The van der Waals surface area contributed by atoms with E-state index in [-0.39, 0.29) is 5.97 Å². The molecular weight excluding hydrogens is 324 g/mol. The second kappa shape index (κ2) is 7.26. The van der Waals surface area contributed by atoms with Crippen molar-refractivity contribution in [3.8, 4) is 0 Å². The predicted octanol–water partition coefficient (Wildman–Crippen LogP) is 3.97. The summed E-state index contributed by atoms with van der Waals surface area (Å²) in [6.45, 7) is 4.68. The number of benzene rings is 2. The molecule has 0 spiro atoms. The average molecular weight is 346 g/mol. The lowest BCUT2D eigenvalue weighted by molar-refractivity contribution is 0.0523. The van der Waals surface area contributed by atoms with Crippen molar-refractivity contribution < 1.29 is 9.53 Å². The summed E-state index contributed by atoms with van der Waals surface area (Å²) in [6, 6.07) is 18.4. The van der Waals surface area contributed by atoms with E-state index in [1.54, 1.807) is 0 Å². The van der Waals surface area contributed by atoms with Gasteiger partial charge in [-0.3, -0.25) is 9.88 Å². The first-order chi connectivity index (χ1) is 12.7. The van der Waals surface area contributed by atoms with Crippen molar-refractivity contribution >= 4 is 16.9 Å². The molecule has 0 bridgehead atoms. The molecule has 26 heavy (non-hydrogen) atoms. The van der Waals surface area contributed by atoms with Gasteiger partial charge in [-0.2, -0.15) is 0 Å². The number of aromatic nitrogens is 1. The van der Waals surface area contributed by atoms with E-state index in [0.29, 0.717) is 18.7 Å². The highest BCUT2D eigenvalue weighted by Gasteiger charge is 2.21. The van der Waals surface area contributed by atoms with Crippen molar-refractivity contribution in [3.63, 3.8) is 0 Å². The lowest BCUT2D eigenvalue weighted by Gasteiger charge is -2.28. The summed E-state index contributed by atoms with van der Waals surface area (Å²) in [5.74, 6) is -0.293. The van der Waals surface area contributed by atoms with Crippen LogP contribution < -0.4 is 0 Å². The number of rotatable bonds is 4. The lowest BCUT2D eigenvalue weighted by atomic mass is 9.99. The molecule has 132 valence electrons. The van der Waals surface area contributed by atoms with Gasteiger partial charge in [0.05, 0.1) is 23.4 Å². The summed E-state index contributed by atoms with van der Waals surface area (Å²) >= 11 is 0. The fourth-order valence-electron chi connectivity index (χ4n) is 3.56. The average Bonchev–Trinajstić information content (AvgIpc) is 2.67. The zero-order chi connectivity index (χ0) is 17.9. The second-order valence-electron chi connectivity index (χ2n) is 6.63. The van der Waals surface area contributed by atoms with Crippen LogP contribution in [0.15, 0.2) is 54.6 Å². The molecule has 1 aliphatic rings. The Morgan fingerprint density at radius 3 is 2.73 bits per heavy atom. The topological polar surface area (TPSA) is 42.4 Å². The van der Waals surface area contributed by atoms with Gasteiger partial charge in [0.15, 0.2) is 0 Å². The van der Waals surface area contributed by atoms with Crippen LogP contribution in [-0.4, -0.2) is 29.0 Å². The van der Waals surface area contributed by atoms with Crippen LogP contribution >= 0.6 is 0 Å². The minimum atomic E-state index is -0.293. The van der Waals surface area contributed by atoms with Gasteiger partial charge in [0.2, 0.25) is 0 Å². The zero-order valence-corrected chi connectivity index (χ0v) is 14.9. The maximum absolute atomic E-state index is 12.5. The molecule has 1 aromatic heterocycles. The van der Waals surface area contributed by atoms with Gasteiger partial charge in [-0.25, -0.2) is 4.79 Å². The third-order valence-corrected chi connectivity index (χ3v) is 4.88. The van der Waals surface area contributed by atoms with Gasteiger partial charge in [-0.1, -0.05) is 42.5 Å². The maximum atomic E-state index is 12.5. The summed E-state index contributed by atoms with van der Waals surface area (Å²) < 4.78 is 5.27. The Kier molecular flexibility index (Phi) is 4.67. The Bertz CT molecular complexity index is 952. The Morgan fingerprint density at radius 2 is 1.88 bits per heavy atom. The van der Waals surface area contributed by atoms with Gasteiger partial charge in [-0.05, 0) is 36.6 Å². The number of para-hydroxylation sites is 1. The van der Waals surface area contributed by atoms with Crippen LogP contribution in [0.4, 0.5) is 0 Å². The SMILES string of the molecule is CCOC(=O)c1cc2ccccc2nc1CN1CCc2ccccc2C1. The maximum Gasteiger partial charge on any atom is 0.340 e. The zero-order valence-electron chi connectivity index (χ0n) is 14.9. The van der Waals surface area contributed by atoms with E-state index in [2.05, 4.69) is 29.2 Å². The first-order valence-corrected chi connectivity index (χ1v) is 9.09.